The van der Waals surface area contributed by atoms with Crippen molar-refractivity contribution in [2.24, 2.45) is 0 Å². The summed E-state index contributed by atoms with van der Waals surface area (Å²) in [6.45, 7) is -0.136. The number of carboxylic acids is 1. The van der Waals surface area contributed by atoms with Gasteiger partial charge in [0.2, 0.25) is 0 Å². The fraction of sp³-hybridized carbons (Fsp3) is 0.222. The maximum atomic E-state index is 10.4. The van der Waals surface area contributed by atoms with Gasteiger partial charge in [-0.1, -0.05) is 0 Å². The molecule has 0 heterocycles. The largest absolute Gasteiger partial charge is 0.495 e. The van der Waals surface area contributed by atoms with E-state index in [0.29, 0.717) is 11.4 Å². The maximum absolute atomic E-state index is 10.4. The fourth-order valence-electron chi connectivity index (χ4n) is 0.992. The number of benzene rings is 1. The molecule has 0 bridgehead atoms. The van der Waals surface area contributed by atoms with Crippen LogP contribution in [0.2, 0.25) is 0 Å². The molecule has 0 unspecified atom stereocenters. The van der Waals surface area contributed by atoms with E-state index in [9.17, 15) is 4.79 Å². The quantitative estimate of drug-likeness (QED) is 0.886. The third kappa shape index (κ3) is 3.39. The van der Waals surface area contributed by atoms with E-state index in [0.717, 1.165) is 8.95 Å². The summed E-state index contributed by atoms with van der Waals surface area (Å²) in [7, 11) is 1.55. The Bertz CT molecular complexity index is 382. The van der Waals surface area contributed by atoms with Gasteiger partial charge in [0, 0.05) is 10.5 Å². The molecule has 15 heavy (non-hydrogen) atoms. The number of anilines is 1. The molecule has 2 N–H and O–H groups in total. The highest BCUT2D eigenvalue weighted by atomic mass is 79.9. The highest BCUT2D eigenvalue weighted by Gasteiger charge is 2.07. The molecule has 82 valence electrons. The molecule has 6 heteroatoms. The van der Waals surface area contributed by atoms with E-state index >= 15 is 0 Å². The molecule has 1 aromatic rings. The van der Waals surface area contributed by atoms with Crippen LogP contribution in [0.4, 0.5) is 5.69 Å². The highest BCUT2D eigenvalue weighted by molar-refractivity contribution is 9.11. The van der Waals surface area contributed by atoms with Gasteiger partial charge in [-0.25, -0.2) is 0 Å². The van der Waals surface area contributed by atoms with Crippen molar-refractivity contribution in [3.8, 4) is 5.75 Å². The van der Waals surface area contributed by atoms with Gasteiger partial charge in [-0.15, -0.1) is 0 Å². The molecule has 0 aliphatic carbocycles. The first kappa shape index (κ1) is 12.3. The van der Waals surface area contributed by atoms with Crippen molar-refractivity contribution in [3.63, 3.8) is 0 Å². The summed E-state index contributed by atoms with van der Waals surface area (Å²) in [6, 6.07) is 3.51. The summed E-state index contributed by atoms with van der Waals surface area (Å²) in [5.74, 6) is -0.269. The zero-order chi connectivity index (χ0) is 11.4. The van der Waals surface area contributed by atoms with Crippen LogP contribution in [0.5, 0.6) is 5.75 Å². The average Bonchev–Trinajstić information content (AvgIpc) is 2.16. The fourth-order valence-corrected chi connectivity index (χ4v) is 2.29. The molecular weight excluding hydrogens is 330 g/mol. The Labute approximate surface area is 104 Å². The van der Waals surface area contributed by atoms with Crippen molar-refractivity contribution >= 4 is 43.5 Å². The van der Waals surface area contributed by atoms with E-state index in [1.165, 1.54) is 0 Å². The van der Waals surface area contributed by atoms with Crippen LogP contribution in [0.25, 0.3) is 0 Å². The highest BCUT2D eigenvalue weighted by Crippen LogP contribution is 2.34. The number of aliphatic carboxylic acids is 1. The summed E-state index contributed by atoms with van der Waals surface area (Å²) >= 11 is 6.64. The summed E-state index contributed by atoms with van der Waals surface area (Å²) in [4.78, 5) is 10.4. The van der Waals surface area contributed by atoms with Crippen molar-refractivity contribution in [2.75, 3.05) is 19.0 Å². The molecular formula is C9H9Br2NO3. The Balaban J connectivity index is 2.92. The Hall–Kier alpha value is -0.750. The van der Waals surface area contributed by atoms with Crippen LogP contribution in [0.3, 0.4) is 0 Å². The number of hydrogen-bond donors (Lipinski definition) is 2. The molecule has 0 spiro atoms. The standard InChI is InChI=1S/C9H9Br2NO3/c1-15-8-3-7(12-4-9(13)14)5(10)2-6(8)11/h2-3,12H,4H2,1H3,(H,13,14). The van der Waals surface area contributed by atoms with Gasteiger partial charge in [-0.2, -0.15) is 0 Å². The second kappa shape index (κ2) is 5.37. The smallest absolute Gasteiger partial charge is 0.322 e. The SMILES string of the molecule is COc1cc(NCC(=O)O)c(Br)cc1Br. The zero-order valence-corrected chi connectivity index (χ0v) is 11.1. The lowest BCUT2D eigenvalue weighted by Crippen LogP contribution is -2.12. The Kier molecular flexibility index (Phi) is 4.41. The lowest BCUT2D eigenvalue weighted by Gasteiger charge is -2.10. The minimum absolute atomic E-state index is 0.136. The van der Waals surface area contributed by atoms with Crippen molar-refractivity contribution in [1.82, 2.24) is 0 Å². The summed E-state index contributed by atoms with van der Waals surface area (Å²) in [5, 5.41) is 11.3. The Morgan fingerprint density at radius 1 is 1.47 bits per heavy atom. The predicted octanol–water partition coefficient (Wildman–Crippen LogP) is 2.72. The number of ether oxygens (including phenoxy) is 1. The van der Waals surface area contributed by atoms with Gasteiger partial charge in [-0.05, 0) is 37.9 Å². The molecule has 0 aliphatic rings. The van der Waals surface area contributed by atoms with Gasteiger partial charge in [0.1, 0.15) is 12.3 Å². The van der Waals surface area contributed by atoms with E-state index < -0.39 is 5.97 Å². The molecule has 0 aromatic heterocycles. The molecule has 0 atom stereocenters. The summed E-state index contributed by atoms with van der Waals surface area (Å²) in [5.41, 5.74) is 0.678. The molecule has 0 aliphatic heterocycles. The van der Waals surface area contributed by atoms with Crippen LogP contribution in [-0.2, 0) is 4.79 Å². The van der Waals surface area contributed by atoms with Crippen molar-refractivity contribution in [3.05, 3.63) is 21.1 Å². The number of rotatable bonds is 4. The van der Waals surface area contributed by atoms with Gasteiger partial charge in [0.15, 0.2) is 0 Å². The topological polar surface area (TPSA) is 58.6 Å². The van der Waals surface area contributed by atoms with Crippen LogP contribution in [0.1, 0.15) is 0 Å². The summed E-state index contributed by atoms with van der Waals surface area (Å²) < 4.78 is 6.67. The Morgan fingerprint density at radius 3 is 2.67 bits per heavy atom. The van der Waals surface area contributed by atoms with Crippen molar-refractivity contribution < 1.29 is 14.6 Å². The first-order chi connectivity index (χ1) is 7.04. The monoisotopic (exact) mass is 337 g/mol. The number of hydrogen-bond acceptors (Lipinski definition) is 3. The van der Waals surface area contributed by atoms with Gasteiger partial charge in [0.05, 0.1) is 17.3 Å². The van der Waals surface area contributed by atoms with E-state index in [2.05, 4.69) is 37.2 Å². The second-order valence-corrected chi connectivity index (χ2v) is 4.42. The summed E-state index contributed by atoms with van der Waals surface area (Å²) in [6.07, 6.45) is 0. The maximum Gasteiger partial charge on any atom is 0.322 e. The van der Waals surface area contributed by atoms with Crippen LogP contribution in [-0.4, -0.2) is 24.7 Å². The third-order valence-corrected chi connectivity index (χ3v) is 2.95. The molecule has 0 amide bonds. The van der Waals surface area contributed by atoms with Gasteiger partial charge < -0.3 is 15.2 Å². The number of methoxy groups -OCH3 is 1. The average molecular weight is 339 g/mol. The molecule has 1 aromatic carbocycles. The van der Waals surface area contributed by atoms with Crippen LogP contribution < -0.4 is 10.1 Å². The minimum atomic E-state index is -0.913. The van der Waals surface area contributed by atoms with E-state index in [4.69, 9.17) is 9.84 Å². The van der Waals surface area contributed by atoms with Crippen molar-refractivity contribution in [2.45, 2.75) is 0 Å². The number of carbonyl (C=O) groups is 1. The number of halogens is 2. The lowest BCUT2D eigenvalue weighted by molar-refractivity contribution is -0.134. The first-order valence-corrected chi connectivity index (χ1v) is 5.62. The molecule has 0 fully saturated rings. The predicted molar refractivity (Wildman–Crippen MR) is 64.5 cm³/mol. The van der Waals surface area contributed by atoms with E-state index in [1.807, 2.05) is 0 Å². The Morgan fingerprint density at radius 2 is 2.13 bits per heavy atom. The van der Waals surface area contributed by atoms with Gasteiger partial charge >= 0.3 is 5.97 Å². The molecule has 0 radical (unpaired) electrons. The van der Waals surface area contributed by atoms with Crippen LogP contribution in [0.15, 0.2) is 21.1 Å². The molecule has 4 nitrogen and oxygen atoms in total. The minimum Gasteiger partial charge on any atom is -0.495 e. The molecule has 1 rings (SSSR count). The number of nitrogens with one attached hydrogen (secondary N) is 1. The zero-order valence-electron chi connectivity index (χ0n) is 7.88. The van der Waals surface area contributed by atoms with Crippen LogP contribution >= 0.6 is 31.9 Å². The molecule has 0 saturated carbocycles. The first-order valence-electron chi connectivity index (χ1n) is 4.03. The lowest BCUT2D eigenvalue weighted by atomic mass is 10.3. The third-order valence-electron chi connectivity index (χ3n) is 1.67. The molecule has 0 saturated heterocycles. The van der Waals surface area contributed by atoms with Gasteiger partial charge in [0.25, 0.3) is 0 Å². The van der Waals surface area contributed by atoms with Crippen LogP contribution in [0, 0.1) is 0 Å². The number of carboxylic acid groups (broad SMARTS) is 1. The second-order valence-electron chi connectivity index (χ2n) is 2.71. The van der Waals surface area contributed by atoms with Crippen molar-refractivity contribution in [1.29, 1.82) is 0 Å². The normalized spacial score (nSPS) is 9.80. The van der Waals surface area contributed by atoms with E-state index in [1.54, 1.807) is 19.2 Å². The van der Waals surface area contributed by atoms with Gasteiger partial charge in [-0.3, -0.25) is 4.79 Å². The van der Waals surface area contributed by atoms with E-state index in [-0.39, 0.29) is 6.54 Å².